The second-order valence-corrected chi connectivity index (χ2v) is 7.22. The van der Waals surface area contributed by atoms with Crippen molar-refractivity contribution in [3.05, 3.63) is 58.1 Å². The summed E-state index contributed by atoms with van der Waals surface area (Å²) in [5, 5.41) is 3.02. The van der Waals surface area contributed by atoms with Crippen molar-refractivity contribution >= 4 is 39.3 Å². The maximum atomic E-state index is 12.1. The zero-order valence-corrected chi connectivity index (χ0v) is 14.9. The van der Waals surface area contributed by atoms with Gasteiger partial charge in [0, 0.05) is 12.1 Å². The summed E-state index contributed by atoms with van der Waals surface area (Å²) in [6.45, 7) is 0.102. The molecule has 0 aliphatic heterocycles. The number of urea groups is 1. The number of sulfonamides is 1. The Bertz CT molecular complexity index is 856. The molecular formula is C15H14Cl2N2O4S. The molecule has 0 spiro atoms. The molecule has 0 atom stereocenters. The lowest BCUT2D eigenvalue weighted by Crippen LogP contribution is -2.37. The molecule has 2 N–H and O–H groups in total. The van der Waals surface area contributed by atoms with Crippen molar-refractivity contribution in [3.8, 4) is 5.75 Å². The van der Waals surface area contributed by atoms with E-state index in [9.17, 15) is 13.2 Å². The number of carbonyl (C=O) groups excluding carboxylic acids is 1. The van der Waals surface area contributed by atoms with Gasteiger partial charge < -0.3 is 10.1 Å². The van der Waals surface area contributed by atoms with Crippen LogP contribution in [0.5, 0.6) is 5.75 Å². The van der Waals surface area contributed by atoms with E-state index in [0.29, 0.717) is 21.4 Å². The van der Waals surface area contributed by atoms with Crippen LogP contribution < -0.4 is 14.8 Å². The molecule has 24 heavy (non-hydrogen) atoms. The first-order valence-corrected chi connectivity index (χ1v) is 8.97. The fraction of sp³-hybridized carbons (Fsp3) is 0.133. The third-order valence-electron chi connectivity index (χ3n) is 2.95. The van der Waals surface area contributed by atoms with Crippen LogP contribution in [-0.4, -0.2) is 21.5 Å². The summed E-state index contributed by atoms with van der Waals surface area (Å²) < 4.78 is 31.6. The summed E-state index contributed by atoms with van der Waals surface area (Å²) in [6.07, 6.45) is 0. The van der Waals surface area contributed by atoms with Crippen LogP contribution in [0, 0.1) is 0 Å². The Morgan fingerprint density at radius 2 is 1.92 bits per heavy atom. The molecule has 0 fully saturated rings. The van der Waals surface area contributed by atoms with E-state index in [-0.39, 0.29) is 11.5 Å². The SMILES string of the molecule is CNC(=O)NS(=O)(=O)c1cccc(COc2ccc(Cl)cc2Cl)c1. The number of carbonyl (C=O) groups is 1. The molecule has 0 radical (unpaired) electrons. The van der Waals surface area contributed by atoms with E-state index in [0.717, 1.165) is 0 Å². The Hall–Kier alpha value is -1.96. The maximum absolute atomic E-state index is 12.1. The van der Waals surface area contributed by atoms with Crippen molar-refractivity contribution in [2.75, 3.05) is 7.05 Å². The van der Waals surface area contributed by atoms with E-state index >= 15 is 0 Å². The van der Waals surface area contributed by atoms with E-state index in [2.05, 4.69) is 5.32 Å². The number of hydrogen-bond acceptors (Lipinski definition) is 4. The molecule has 2 amide bonds. The molecule has 0 saturated heterocycles. The third kappa shape index (κ3) is 4.77. The number of amides is 2. The van der Waals surface area contributed by atoms with Crippen LogP contribution in [0.2, 0.25) is 10.0 Å². The molecule has 0 aliphatic rings. The minimum Gasteiger partial charge on any atom is -0.487 e. The van der Waals surface area contributed by atoms with Gasteiger partial charge in [-0.15, -0.1) is 0 Å². The van der Waals surface area contributed by atoms with Crippen molar-refractivity contribution in [1.82, 2.24) is 10.0 Å². The highest BCUT2D eigenvalue weighted by molar-refractivity contribution is 7.90. The predicted molar refractivity (Wildman–Crippen MR) is 92.0 cm³/mol. The number of ether oxygens (including phenoxy) is 1. The van der Waals surface area contributed by atoms with Gasteiger partial charge in [0.25, 0.3) is 10.0 Å². The van der Waals surface area contributed by atoms with E-state index in [1.54, 1.807) is 30.3 Å². The van der Waals surface area contributed by atoms with Crippen LogP contribution in [0.1, 0.15) is 5.56 Å². The van der Waals surface area contributed by atoms with Gasteiger partial charge in [-0.05, 0) is 35.9 Å². The fourth-order valence-electron chi connectivity index (χ4n) is 1.79. The smallest absolute Gasteiger partial charge is 0.328 e. The van der Waals surface area contributed by atoms with Crippen LogP contribution in [-0.2, 0) is 16.6 Å². The van der Waals surface area contributed by atoms with Crippen molar-refractivity contribution in [2.45, 2.75) is 11.5 Å². The van der Waals surface area contributed by atoms with Gasteiger partial charge in [-0.2, -0.15) is 0 Å². The number of rotatable bonds is 5. The molecule has 2 rings (SSSR count). The first-order chi connectivity index (χ1) is 11.3. The molecule has 0 aromatic heterocycles. The van der Waals surface area contributed by atoms with E-state index in [4.69, 9.17) is 27.9 Å². The Labute approximate surface area is 149 Å². The minimum atomic E-state index is -3.95. The lowest BCUT2D eigenvalue weighted by atomic mass is 10.2. The number of nitrogens with one attached hydrogen (secondary N) is 2. The largest absolute Gasteiger partial charge is 0.487 e. The quantitative estimate of drug-likeness (QED) is 0.823. The molecule has 128 valence electrons. The predicted octanol–water partition coefficient (Wildman–Crippen LogP) is 3.19. The molecule has 0 aliphatic carbocycles. The van der Waals surface area contributed by atoms with Gasteiger partial charge in [-0.25, -0.2) is 17.9 Å². The van der Waals surface area contributed by atoms with Crippen molar-refractivity contribution in [1.29, 1.82) is 0 Å². The summed E-state index contributed by atoms with van der Waals surface area (Å²) in [7, 11) is -2.63. The first kappa shape index (κ1) is 18.4. The second kappa shape index (κ2) is 7.74. The Kier molecular flexibility index (Phi) is 5.93. The number of halogens is 2. The number of hydrogen-bond donors (Lipinski definition) is 2. The zero-order chi connectivity index (χ0) is 17.7. The fourth-order valence-corrected chi connectivity index (χ4v) is 3.28. The van der Waals surface area contributed by atoms with Gasteiger partial charge >= 0.3 is 6.03 Å². The van der Waals surface area contributed by atoms with Crippen molar-refractivity contribution < 1.29 is 17.9 Å². The normalized spacial score (nSPS) is 11.0. The summed E-state index contributed by atoms with van der Waals surface area (Å²) >= 11 is 11.8. The Morgan fingerprint density at radius 3 is 2.58 bits per heavy atom. The molecule has 9 heteroatoms. The van der Waals surface area contributed by atoms with Crippen molar-refractivity contribution in [2.24, 2.45) is 0 Å². The van der Waals surface area contributed by atoms with E-state index < -0.39 is 16.1 Å². The van der Waals surface area contributed by atoms with Gasteiger partial charge in [0.05, 0.1) is 9.92 Å². The van der Waals surface area contributed by atoms with Gasteiger partial charge in [-0.1, -0.05) is 35.3 Å². The lowest BCUT2D eigenvalue weighted by Gasteiger charge is -2.10. The van der Waals surface area contributed by atoms with Crippen LogP contribution in [0.3, 0.4) is 0 Å². The van der Waals surface area contributed by atoms with Crippen LogP contribution in [0.15, 0.2) is 47.4 Å². The maximum Gasteiger partial charge on any atom is 0.328 e. The molecule has 2 aromatic carbocycles. The van der Waals surface area contributed by atoms with E-state index in [1.807, 2.05) is 4.72 Å². The average Bonchev–Trinajstić information content (AvgIpc) is 2.54. The van der Waals surface area contributed by atoms with Gasteiger partial charge in [-0.3, -0.25) is 0 Å². The van der Waals surface area contributed by atoms with E-state index in [1.165, 1.54) is 19.2 Å². The summed E-state index contributed by atoms with van der Waals surface area (Å²) in [5.74, 6) is 0.429. The molecule has 6 nitrogen and oxygen atoms in total. The van der Waals surface area contributed by atoms with Crippen LogP contribution >= 0.6 is 23.2 Å². The Morgan fingerprint density at radius 1 is 1.17 bits per heavy atom. The Balaban J connectivity index is 2.14. The van der Waals surface area contributed by atoms with Gasteiger partial charge in [0.15, 0.2) is 0 Å². The molecule has 0 bridgehead atoms. The topological polar surface area (TPSA) is 84.5 Å². The molecule has 0 heterocycles. The van der Waals surface area contributed by atoms with Gasteiger partial charge in [0.1, 0.15) is 12.4 Å². The van der Waals surface area contributed by atoms with Gasteiger partial charge in [0.2, 0.25) is 0 Å². The highest BCUT2D eigenvalue weighted by atomic mass is 35.5. The average molecular weight is 389 g/mol. The van der Waals surface area contributed by atoms with Crippen LogP contribution in [0.4, 0.5) is 4.79 Å². The lowest BCUT2D eigenvalue weighted by molar-refractivity contribution is 0.248. The molecule has 0 saturated carbocycles. The zero-order valence-electron chi connectivity index (χ0n) is 12.5. The second-order valence-electron chi connectivity index (χ2n) is 4.70. The minimum absolute atomic E-state index is 0.0468. The molecule has 0 unspecified atom stereocenters. The van der Waals surface area contributed by atoms with Crippen LogP contribution in [0.25, 0.3) is 0 Å². The summed E-state index contributed by atoms with van der Waals surface area (Å²) in [6, 6.07) is 10.0. The number of benzene rings is 2. The van der Waals surface area contributed by atoms with Crippen molar-refractivity contribution in [3.63, 3.8) is 0 Å². The highest BCUT2D eigenvalue weighted by Crippen LogP contribution is 2.28. The highest BCUT2D eigenvalue weighted by Gasteiger charge is 2.17. The summed E-state index contributed by atoms with van der Waals surface area (Å²) in [4.78, 5) is 11.2. The molecular weight excluding hydrogens is 375 g/mol. The monoisotopic (exact) mass is 388 g/mol. The summed E-state index contributed by atoms with van der Waals surface area (Å²) in [5.41, 5.74) is 0.598. The molecule has 2 aromatic rings. The third-order valence-corrected chi connectivity index (χ3v) is 4.81. The standard InChI is InChI=1S/C15H14Cl2N2O4S/c1-18-15(20)19-24(21,22)12-4-2-3-10(7-12)9-23-14-6-5-11(16)8-13(14)17/h2-8H,9H2,1H3,(H2,18,19,20). The first-order valence-electron chi connectivity index (χ1n) is 6.73.